The highest BCUT2D eigenvalue weighted by Gasteiger charge is 2.40. The zero-order valence-corrected chi connectivity index (χ0v) is 6.47. The summed E-state index contributed by atoms with van der Waals surface area (Å²) in [7, 11) is 0. The first-order chi connectivity index (χ1) is 5.68. The fourth-order valence-electron chi connectivity index (χ4n) is 1.07. The summed E-state index contributed by atoms with van der Waals surface area (Å²) in [5, 5.41) is 5.38. The minimum atomic E-state index is -0.897. The number of hydrogen-bond acceptors (Lipinski definition) is 4. The second-order valence-electron chi connectivity index (χ2n) is 2.40. The van der Waals surface area contributed by atoms with Gasteiger partial charge >= 0.3 is 0 Å². The molecule has 64 valence electrons. The number of hydrogen-bond donors (Lipinski definition) is 2. The number of halogens is 2. The number of fused-ring (bicyclic) bond motifs is 1. The minimum Gasteiger partial charge on any atom is -0.299 e. The number of aliphatic imine (C=N–C) groups is 1. The van der Waals surface area contributed by atoms with Crippen molar-refractivity contribution in [1.82, 2.24) is 10.7 Å². The molecule has 2 unspecified atom stereocenters. The second-order valence-corrected chi connectivity index (χ2v) is 2.75. The quantitative estimate of drug-likeness (QED) is 0.498. The molecule has 2 N–H and O–H groups in total. The molecule has 2 atom stereocenters. The third kappa shape index (κ3) is 0.953. The lowest BCUT2D eigenvalue weighted by atomic mass is 10.1. The average Bonchev–Trinajstić information content (AvgIpc) is 2.33. The van der Waals surface area contributed by atoms with Crippen LogP contribution in [0.25, 0.3) is 0 Å². The van der Waals surface area contributed by atoms with E-state index in [4.69, 9.17) is 11.6 Å². The normalized spacial score (nSPS) is 33.0. The summed E-state index contributed by atoms with van der Waals surface area (Å²) in [6, 6.07) is -1.65. The summed E-state index contributed by atoms with van der Waals surface area (Å²) in [5.41, 5.74) is 2.31. The number of amidine groups is 1. The Morgan fingerprint density at radius 2 is 2.33 bits per heavy atom. The maximum Gasteiger partial charge on any atom is 0.253 e. The Bertz CT molecular complexity index is 302. The van der Waals surface area contributed by atoms with Gasteiger partial charge in [-0.15, -0.1) is 0 Å². The molecule has 2 aliphatic heterocycles. The predicted octanol–water partition coefficient (Wildman–Crippen LogP) is -0.666. The van der Waals surface area contributed by atoms with Gasteiger partial charge in [0.15, 0.2) is 17.4 Å². The Kier molecular flexibility index (Phi) is 1.50. The van der Waals surface area contributed by atoms with Crippen molar-refractivity contribution in [2.45, 2.75) is 12.1 Å². The van der Waals surface area contributed by atoms with E-state index in [1.54, 1.807) is 0 Å². The van der Waals surface area contributed by atoms with Gasteiger partial charge in [0.05, 0.1) is 0 Å². The molecular formula is C5H4ClFN4O. The molecule has 0 aromatic rings. The lowest BCUT2D eigenvalue weighted by molar-refractivity contribution is -0.121. The summed E-state index contributed by atoms with van der Waals surface area (Å²) in [5.74, 6) is -1.13. The van der Waals surface area contributed by atoms with E-state index in [2.05, 4.69) is 20.8 Å². The van der Waals surface area contributed by atoms with Gasteiger partial charge in [-0.05, 0) is 11.6 Å². The molecule has 0 saturated carbocycles. The summed E-state index contributed by atoms with van der Waals surface area (Å²) >= 11 is 5.41. The highest BCUT2D eigenvalue weighted by molar-refractivity contribution is 6.66. The topological polar surface area (TPSA) is 65.8 Å². The molecule has 5 nitrogen and oxygen atoms in total. The molecule has 2 rings (SSSR count). The van der Waals surface area contributed by atoms with Gasteiger partial charge in [-0.3, -0.25) is 15.5 Å². The van der Waals surface area contributed by atoms with Gasteiger partial charge in [-0.1, -0.05) is 0 Å². The molecule has 2 heterocycles. The van der Waals surface area contributed by atoms with Crippen molar-refractivity contribution in [2.75, 3.05) is 0 Å². The van der Waals surface area contributed by atoms with Gasteiger partial charge in [0.1, 0.15) is 0 Å². The Morgan fingerprint density at radius 1 is 1.58 bits per heavy atom. The zero-order valence-electron chi connectivity index (χ0n) is 5.71. The van der Waals surface area contributed by atoms with Crippen molar-refractivity contribution in [3.63, 3.8) is 0 Å². The monoisotopic (exact) mass is 190 g/mol. The number of nitrogens with one attached hydrogen (secondary N) is 2. The maximum absolute atomic E-state index is 12.7. The number of hydrazone groups is 1. The molecule has 0 aliphatic carbocycles. The number of amides is 1. The SMILES string of the molecule is O=C1NC(Cl)=NC2C(F)=NNC12. The van der Waals surface area contributed by atoms with Crippen LogP contribution in [0.2, 0.25) is 0 Å². The molecular weight excluding hydrogens is 187 g/mol. The molecule has 0 bridgehead atoms. The first-order valence-corrected chi connectivity index (χ1v) is 3.59. The van der Waals surface area contributed by atoms with Gasteiger partial charge in [0.25, 0.3) is 5.91 Å². The van der Waals surface area contributed by atoms with Crippen LogP contribution < -0.4 is 10.7 Å². The summed E-state index contributed by atoms with van der Waals surface area (Å²) < 4.78 is 12.7. The molecule has 12 heavy (non-hydrogen) atoms. The van der Waals surface area contributed by atoms with Crippen molar-refractivity contribution in [2.24, 2.45) is 10.1 Å². The van der Waals surface area contributed by atoms with Gasteiger partial charge in [-0.25, -0.2) is 4.99 Å². The van der Waals surface area contributed by atoms with E-state index in [1.807, 2.05) is 0 Å². The van der Waals surface area contributed by atoms with E-state index >= 15 is 0 Å². The van der Waals surface area contributed by atoms with E-state index in [-0.39, 0.29) is 5.29 Å². The summed E-state index contributed by atoms with van der Waals surface area (Å²) in [6.45, 7) is 0. The Balaban J connectivity index is 2.33. The van der Waals surface area contributed by atoms with E-state index in [0.29, 0.717) is 0 Å². The average molecular weight is 191 g/mol. The molecule has 0 radical (unpaired) electrons. The van der Waals surface area contributed by atoms with E-state index in [1.165, 1.54) is 0 Å². The first-order valence-electron chi connectivity index (χ1n) is 3.21. The number of carbonyl (C=O) groups is 1. The number of rotatable bonds is 0. The molecule has 0 aromatic carbocycles. The minimum absolute atomic E-state index is 0.102. The largest absolute Gasteiger partial charge is 0.299 e. The molecule has 1 amide bonds. The lowest BCUT2D eigenvalue weighted by Crippen LogP contribution is -2.52. The third-order valence-corrected chi connectivity index (χ3v) is 1.82. The maximum atomic E-state index is 12.7. The fourth-order valence-corrected chi connectivity index (χ4v) is 1.27. The van der Waals surface area contributed by atoms with Crippen molar-refractivity contribution >= 4 is 28.8 Å². The molecule has 0 aromatic heterocycles. The first kappa shape index (κ1) is 7.48. The summed E-state index contributed by atoms with van der Waals surface area (Å²) in [4.78, 5) is 14.7. The highest BCUT2D eigenvalue weighted by Crippen LogP contribution is 2.14. The van der Waals surface area contributed by atoms with Crippen LogP contribution in [0.1, 0.15) is 0 Å². The lowest BCUT2D eigenvalue weighted by Gasteiger charge is -2.19. The van der Waals surface area contributed by atoms with Crippen LogP contribution >= 0.6 is 11.6 Å². The van der Waals surface area contributed by atoms with Gasteiger partial charge in [0, 0.05) is 0 Å². The van der Waals surface area contributed by atoms with Crippen LogP contribution in [0, 0.1) is 0 Å². The molecule has 0 saturated heterocycles. The van der Waals surface area contributed by atoms with Gasteiger partial charge < -0.3 is 0 Å². The molecule has 7 heteroatoms. The predicted molar refractivity (Wildman–Crippen MR) is 40.7 cm³/mol. The smallest absolute Gasteiger partial charge is 0.253 e. The molecule has 0 fully saturated rings. The third-order valence-electron chi connectivity index (χ3n) is 1.63. The van der Waals surface area contributed by atoms with E-state index in [9.17, 15) is 9.18 Å². The summed E-state index contributed by atoms with van der Waals surface area (Å²) in [6.07, 6.45) is 0. The Hall–Kier alpha value is -1.17. The van der Waals surface area contributed by atoms with Gasteiger partial charge in [0.2, 0.25) is 5.97 Å². The van der Waals surface area contributed by atoms with Crippen molar-refractivity contribution in [3.05, 3.63) is 0 Å². The van der Waals surface area contributed by atoms with E-state index in [0.717, 1.165) is 0 Å². The van der Waals surface area contributed by atoms with Crippen molar-refractivity contribution < 1.29 is 9.18 Å². The van der Waals surface area contributed by atoms with Crippen molar-refractivity contribution in [1.29, 1.82) is 0 Å². The highest BCUT2D eigenvalue weighted by atomic mass is 35.5. The fraction of sp³-hybridized carbons (Fsp3) is 0.400. The second kappa shape index (κ2) is 2.41. The van der Waals surface area contributed by atoms with Gasteiger partial charge in [-0.2, -0.15) is 9.49 Å². The Labute approximate surface area is 71.7 Å². The van der Waals surface area contributed by atoms with Crippen LogP contribution in [0.4, 0.5) is 4.39 Å². The van der Waals surface area contributed by atoms with Crippen LogP contribution in [0.15, 0.2) is 10.1 Å². The Morgan fingerprint density at radius 3 is 3.08 bits per heavy atom. The number of nitrogens with zero attached hydrogens (tertiary/aromatic N) is 2. The van der Waals surface area contributed by atoms with E-state index < -0.39 is 24.0 Å². The molecule has 0 spiro atoms. The standard InChI is InChI=1S/C5H4ClFN4O/c6-5-8-1-2(4(12)9-5)10-11-3(1)7/h1-2,10H,(H,8,9,12). The zero-order chi connectivity index (χ0) is 8.72. The van der Waals surface area contributed by atoms with Crippen molar-refractivity contribution in [3.8, 4) is 0 Å². The van der Waals surface area contributed by atoms with Crippen LogP contribution in [-0.2, 0) is 4.79 Å². The molecule has 2 aliphatic rings. The van der Waals surface area contributed by atoms with Crippen LogP contribution in [0.5, 0.6) is 0 Å². The van der Waals surface area contributed by atoms with Crippen LogP contribution in [-0.4, -0.2) is 29.3 Å². The number of carbonyl (C=O) groups excluding carboxylic acids is 1. The van der Waals surface area contributed by atoms with Crippen LogP contribution in [0.3, 0.4) is 0 Å².